The maximum Gasteiger partial charge on any atom is 0.0522 e. The lowest BCUT2D eigenvalue weighted by Gasteiger charge is -2.06. The SMILES string of the molecule is Cn1cc(CCNCc2ccc(Cl)cc2Br)cn1. The molecule has 1 N–H and O–H groups in total. The first-order valence-corrected chi connectivity index (χ1v) is 6.94. The summed E-state index contributed by atoms with van der Waals surface area (Å²) in [6, 6.07) is 5.85. The first-order chi connectivity index (χ1) is 8.65. The van der Waals surface area contributed by atoms with Gasteiger partial charge in [-0.25, -0.2) is 0 Å². The molecule has 0 unspecified atom stereocenters. The van der Waals surface area contributed by atoms with Gasteiger partial charge in [-0.15, -0.1) is 0 Å². The van der Waals surface area contributed by atoms with Crippen LogP contribution in [0, 0.1) is 0 Å². The van der Waals surface area contributed by atoms with E-state index in [2.05, 4.69) is 26.3 Å². The van der Waals surface area contributed by atoms with Crippen molar-refractivity contribution in [2.45, 2.75) is 13.0 Å². The van der Waals surface area contributed by atoms with Gasteiger partial charge in [0.2, 0.25) is 0 Å². The predicted molar refractivity (Wildman–Crippen MR) is 77.8 cm³/mol. The number of aryl methyl sites for hydroxylation is 1. The van der Waals surface area contributed by atoms with Crippen molar-refractivity contribution in [3.05, 3.63) is 51.2 Å². The molecular formula is C13H15BrClN3. The second-order valence-corrected chi connectivity index (χ2v) is 5.48. The number of aromatic nitrogens is 2. The summed E-state index contributed by atoms with van der Waals surface area (Å²) in [5.74, 6) is 0. The van der Waals surface area contributed by atoms with Crippen molar-refractivity contribution < 1.29 is 0 Å². The summed E-state index contributed by atoms with van der Waals surface area (Å²) in [7, 11) is 1.93. The zero-order valence-electron chi connectivity index (χ0n) is 10.2. The third kappa shape index (κ3) is 3.83. The zero-order chi connectivity index (χ0) is 13.0. The van der Waals surface area contributed by atoms with E-state index in [1.807, 2.05) is 42.3 Å². The Morgan fingerprint density at radius 3 is 2.94 bits per heavy atom. The Morgan fingerprint density at radius 2 is 2.28 bits per heavy atom. The normalized spacial score (nSPS) is 10.8. The lowest BCUT2D eigenvalue weighted by molar-refractivity contribution is 0.684. The fraction of sp³-hybridized carbons (Fsp3) is 0.308. The van der Waals surface area contributed by atoms with Crippen LogP contribution in [0.2, 0.25) is 5.02 Å². The van der Waals surface area contributed by atoms with Crippen LogP contribution in [0.15, 0.2) is 35.1 Å². The molecule has 0 radical (unpaired) electrons. The van der Waals surface area contributed by atoms with Gasteiger partial charge in [0.15, 0.2) is 0 Å². The van der Waals surface area contributed by atoms with E-state index in [9.17, 15) is 0 Å². The van der Waals surface area contributed by atoms with Crippen LogP contribution in [-0.4, -0.2) is 16.3 Å². The van der Waals surface area contributed by atoms with Crippen LogP contribution in [0.25, 0.3) is 0 Å². The quantitative estimate of drug-likeness (QED) is 0.854. The fourth-order valence-corrected chi connectivity index (χ4v) is 2.54. The minimum absolute atomic E-state index is 0.751. The van der Waals surface area contributed by atoms with Crippen LogP contribution in [0.5, 0.6) is 0 Å². The number of hydrogen-bond donors (Lipinski definition) is 1. The second kappa shape index (κ2) is 6.36. The van der Waals surface area contributed by atoms with Gasteiger partial charge in [-0.05, 0) is 36.2 Å². The molecule has 3 nitrogen and oxygen atoms in total. The van der Waals surface area contributed by atoms with Gasteiger partial charge in [0, 0.05) is 29.3 Å². The summed E-state index contributed by atoms with van der Waals surface area (Å²) in [6.45, 7) is 1.76. The van der Waals surface area contributed by atoms with Gasteiger partial charge < -0.3 is 5.32 Å². The molecule has 0 atom stereocenters. The maximum atomic E-state index is 5.90. The van der Waals surface area contributed by atoms with Crippen molar-refractivity contribution in [3.63, 3.8) is 0 Å². The monoisotopic (exact) mass is 327 g/mol. The Kier molecular flexibility index (Phi) is 4.80. The predicted octanol–water partition coefficient (Wildman–Crippen LogP) is 3.17. The first-order valence-electron chi connectivity index (χ1n) is 5.77. The number of benzene rings is 1. The van der Waals surface area contributed by atoms with E-state index < -0.39 is 0 Å². The van der Waals surface area contributed by atoms with Crippen molar-refractivity contribution in [2.24, 2.45) is 7.05 Å². The summed E-state index contributed by atoms with van der Waals surface area (Å²) in [5.41, 5.74) is 2.46. The highest BCUT2D eigenvalue weighted by molar-refractivity contribution is 9.10. The van der Waals surface area contributed by atoms with Crippen molar-refractivity contribution in [1.29, 1.82) is 0 Å². The molecule has 0 amide bonds. The minimum atomic E-state index is 0.751. The standard InChI is InChI=1S/C13H15BrClN3/c1-18-9-10(7-17-18)4-5-16-8-11-2-3-12(15)6-13(11)14/h2-3,6-7,9,16H,4-5,8H2,1H3. The smallest absolute Gasteiger partial charge is 0.0522 e. The van der Waals surface area contributed by atoms with E-state index in [1.165, 1.54) is 11.1 Å². The summed E-state index contributed by atoms with van der Waals surface area (Å²) in [4.78, 5) is 0. The first kappa shape index (κ1) is 13.6. The lowest BCUT2D eigenvalue weighted by Crippen LogP contribution is -2.16. The number of rotatable bonds is 5. The van der Waals surface area contributed by atoms with Gasteiger partial charge in [0.25, 0.3) is 0 Å². The molecule has 1 heterocycles. The van der Waals surface area contributed by atoms with Gasteiger partial charge >= 0.3 is 0 Å². The van der Waals surface area contributed by atoms with Gasteiger partial charge in [-0.2, -0.15) is 5.10 Å². The second-order valence-electron chi connectivity index (χ2n) is 4.18. The van der Waals surface area contributed by atoms with Crippen LogP contribution in [0.1, 0.15) is 11.1 Å². The third-order valence-corrected chi connectivity index (χ3v) is 3.65. The molecule has 0 fully saturated rings. The molecule has 0 aliphatic rings. The molecule has 0 saturated carbocycles. The molecule has 1 aromatic carbocycles. The average molecular weight is 329 g/mol. The number of halogens is 2. The van der Waals surface area contributed by atoms with Crippen molar-refractivity contribution in [3.8, 4) is 0 Å². The molecule has 2 aromatic rings. The van der Waals surface area contributed by atoms with Crippen LogP contribution < -0.4 is 5.32 Å². The van der Waals surface area contributed by atoms with E-state index in [0.717, 1.165) is 29.0 Å². The molecule has 18 heavy (non-hydrogen) atoms. The Morgan fingerprint density at radius 1 is 1.44 bits per heavy atom. The topological polar surface area (TPSA) is 29.9 Å². The van der Waals surface area contributed by atoms with Crippen LogP contribution in [-0.2, 0) is 20.0 Å². The molecule has 5 heteroatoms. The molecule has 0 bridgehead atoms. The highest BCUT2D eigenvalue weighted by atomic mass is 79.9. The molecule has 1 aromatic heterocycles. The molecule has 0 spiro atoms. The van der Waals surface area contributed by atoms with Crippen LogP contribution >= 0.6 is 27.5 Å². The van der Waals surface area contributed by atoms with Crippen molar-refractivity contribution in [1.82, 2.24) is 15.1 Å². The van der Waals surface area contributed by atoms with E-state index in [0.29, 0.717) is 0 Å². The van der Waals surface area contributed by atoms with Crippen molar-refractivity contribution >= 4 is 27.5 Å². The van der Waals surface area contributed by atoms with E-state index >= 15 is 0 Å². The summed E-state index contributed by atoms with van der Waals surface area (Å²) in [5, 5.41) is 8.30. The van der Waals surface area contributed by atoms with Crippen molar-refractivity contribution in [2.75, 3.05) is 6.54 Å². The highest BCUT2D eigenvalue weighted by Gasteiger charge is 2.01. The third-order valence-electron chi connectivity index (χ3n) is 2.68. The molecule has 0 aliphatic carbocycles. The number of nitrogens with one attached hydrogen (secondary N) is 1. The Hall–Kier alpha value is -0.840. The summed E-state index contributed by atoms with van der Waals surface area (Å²) < 4.78 is 2.87. The number of hydrogen-bond acceptors (Lipinski definition) is 2. The van der Waals surface area contributed by atoms with Crippen LogP contribution in [0.3, 0.4) is 0 Å². The highest BCUT2D eigenvalue weighted by Crippen LogP contribution is 2.21. The van der Waals surface area contributed by atoms with Gasteiger partial charge in [-0.1, -0.05) is 33.6 Å². The summed E-state index contributed by atoms with van der Waals surface area (Å²) in [6.07, 6.45) is 4.93. The fourth-order valence-electron chi connectivity index (χ4n) is 1.72. The largest absolute Gasteiger partial charge is 0.312 e. The van der Waals surface area contributed by atoms with Gasteiger partial charge in [0.1, 0.15) is 0 Å². The maximum absolute atomic E-state index is 5.90. The summed E-state index contributed by atoms with van der Waals surface area (Å²) >= 11 is 9.41. The zero-order valence-corrected chi connectivity index (χ0v) is 12.5. The Labute approximate surface area is 120 Å². The van der Waals surface area contributed by atoms with E-state index in [4.69, 9.17) is 11.6 Å². The molecular weight excluding hydrogens is 314 g/mol. The van der Waals surface area contributed by atoms with E-state index in [-0.39, 0.29) is 0 Å². The molecule has 0 saturated heterocycles. The molecule has 96 valence electrons. The van der Waals surface area contributed by atoms with Crippen LogP contribution in [0.4, 0.5) is 0 Å². The van der Waals surface area contributed by atoms with E-state index in [1.54, 1.807) is 0 Å². The average Bonchev–Trinajstić information content (AvgIpc) is 2.73. The Bertz CT molecular complexity index is 525. The van der Waals surface area contributed by atoms with Gasteiger partial charge in [0.05, 0.1) is 6.20 Å². The number of nitrogens with zero attached hydrogens (tertiary/aromatic N) is 2. The lowest BCUT2D eigenvalue weighted by atomic mass is 10.2. The van der Waals surface area contributed by atoms with Gasteiger partial charge in [-0.3, -0.25) is 4.68 Å². The minimum Gasteiger partial charge on any atom is -0.312 e. The molecule has 2 rings (SSSR count). The Balaban J connectivity index is 1.78. The molecule has 0 aliphatic heterocycles.